The Morgan fingerprint density at radius 3 is 2.57 bits per heavy atom. The van der Waals surface area contributed by atoms with Gasteiger partial charge in [-0.25, -0.2) is 0 Å². The number of thioether (sulfide) groups is 1. The van der Waals surface area contributed by atoms with E-state index in [2.05, 4.69) is 46.8 Å². The van der Waals surface area contributed by atoms with Crippen molar-refractivity contribution in [2.75, 3.05) is 11.1 Å². The highest BCUT2D eigenvalue weighted by Crippen LogP contribution is 2.28. The van der Waals surface area contributed by atoms with Gasteiger partial charge in [0, 0.05) is 5.69 Å². The van der Waals surface area contributed by atoms with Crippen LogP contribution < -0.4 is 10.6 Å². The largest absolute Gasteiger partial charge is 0.349 e. The van der Waals surface area contributed by atoms with Crippen LogP contribution in [0.1, 0.15) is 36.9 Å². The maximum Gasteiger partial charge on any atom is 0.230 e. The van der Waals surface area contributed by atoms with Crippen LogP contribution in [0.2, 0.25) is 0 Å². The van der Waals surface area contributed by atoms with Crippen LogP contribution in [0.15, 0.2) is 58.9 Å². The number of rotatable bonds is 9. The Bertz CT molecular complexity index is 881. The van der Waals surface area contributed by atoms with Gasteiger partial charge in [-0.2, -0.15) is 0 Å². The fourth-order valence-corrected chi connectivity index (χ4v) is 4.32. The summed E-state index contributed by atoms with van der Waals surface area (Å²) < 4.78 is 0.775. The topological polar surface area (TPSA) is 66.9 Å². The van der Waals surface area contributed by atoms with Crippen LogP contribution in [-0.2, 0) is 4.79 Å². The van der Waals surface area contributed by atoms with Gasteiger partial charge in [-0.15, -0.1) is 10.2 Å². The van der Waals surface area contributed by atoms with Gasteiger partial charge >= 0.3 is 0 Å². The summed E-state index contributed by atoms with van der Waals surface area (Å²) in [5.41, 5.74) is 3.33. The third-order valence-corrected chi connectivity index (χ3v) is 6.12. The first-order chi connectivity index (χ1) is 13.6. The minimum absolute atomic E-state index is 0.00977. The Labute approximate surface area is 174 Å². The van der Waals surface area contributed by atoms with Crippen molar-refractivity contribution >= 4 is 39.8 Å². The zero-order chi connectivity index (χ0) is 19.8. The summed E-state index contributed by atoms with van der Waals surface area (Å²) in [6.07, 6.45) is 1.93. The summed E-state index contributed by atoms with van der Waals surface area (Å²) in [6, 6.07) is 18.3. The van der Waals surface area contributed by atoms with E-state index in [4.69, 9.17) is 0 Å². The van der Waals surface area contributed by atoms with Crippen molar-refractivity contribution in [2.24, 2.45) is 0 Å². The van der Waals surface area contributed by atoms with Gasteiger partial charge in [0.25, 0.3) is 0 Å². The highest BCUT2D eigenvalue weighted by Gasteiger charge is 2.15. The minimum atomic E-state index is 0.00977. The Balaban J connectivity index is 1.51. The molecule has 0 saturated carbocycles. The summed E-state index contributed by atoms with van der Waals surface area (Å²) in [4.78, 5) is 12.4. The lowest BCUT2D eigenvalue weighted by Gasteiger charge is -2.18. The Kier molecular flexibility index (Phi) is 7.45. The molecule has 7 heteroatoms. The summed E-state index contributed by atoms with van der Waals surface area (Å²) in [6.45, 7) is 4.18. The first-order valence-electron chi connectivity index (χ1n) is 9.28. The van der Waals surface area contributed by atoms with Gasteiger partial charge in [-0.3, -0.25) is 4.79 Å². The number of hydrogen-bond acceptors (Lipinski definition) is 6. The molecular weight excluding hydrogens is 388 g/mol. The number of aromatic nitrogens is 2. The highest BCUT2D eigenvalue weighted by atomic mass is 32.2. The maximum atomic E-state index is 12.4. The van der Waals surface area contributed by atoms with Gasteiger partial charge < -0.3 is 10.6 Å². The molecule has 28 heavy (non-hydrogen) atoms. The van der Waals surface area contributed by atoms with Crippen LogP contribution in [-0.4, -0.2) is 21.9 Å². The second-order valence-electron chi connectivity index (χ2n) is 6.47. The van der Waals surface area contributed by atoms with Gasteiger partial charge in [0.1, 0.15) is 0 Å². The molecule has 0 aliphatic rings. The predicted octanol–water partition coefficient (Wildman–Crippen LogP) is 5.34. The van der Waals surface area contributed by atoms with Crippen LogP contribution in [0.25, 0.3) is 0 Å². The number of anilines is 2. The Morgan fingerprint density at radius 1 is 1.11 bits per heavy atom. The van der Waals surface area contributed by atoms with Crippen molar-refractivity contribution < 1.29 is 4.79 Å². The van der Waals surface area contributed by atoms with E-state index in [-0.39, 0.29) is 11.9 Å². The molecular formula is C21H24N4OS2. The van der Waals surface area contributed by atoms with E-state index in [0.29, 0.717) is 5.75 Å². The molecule has 0 spiro atoms. The summed E-state index contributed by atoms with van der Waals surface area (Å²) >= 11 is 2.86. The number of carbonyl (C=O) groups is 1. The Morgan fingerprint density at radius 2 is 1.86 bits per heavy atom. The number of benzene rings is 2. The quantitative estimate of drug-likeness (QED) is 0.464. The van der Waals surface area contributed by atoms with Gasteiger partial charge in [-0.05, 0) is 31.0 Å². The molecule has 0 fully saturated rings. The molecule has 0 unspecified atom stereocenters. The molecule has 0 saturated heterocycles. The lowest BCUT2D eigenvalue weighted by Crippen LogP contribution is -2.29. The highest BCUT2D eigenvalue weighted by molar-refractivity contribution is 8.01. The molecule has 0 bridgehead atoms. The molecule has 2 aromatic carbocycles. The molecule has 1 amide bonds. The second-order valence-corrected chi connectivity index (χ2v) is 8.67. The van der Waals surface area contributed by atoms with E-state index in [1.54, 1.807) is 0 Å². The predicted molar refractivity (Wildman–Crippen MR) is 117 cm³/mol. The normalized spacial score (nSPS) is 11.8. The average Bonchev–Trinajstić information content (AvgIpc) is 3.16. The Hall–Kier alpha value is -2.38. The molecule has 1 aromatic heterocycles. The molecule has 5 nitrogen and oxygen atoms in total. The third-order valence-electron chi connectivity index (χ3n) is 4.15. The third kappa shape index (κ3) is 6.07. The van der Waals surface area contributed by atoms with Crippen molar-refractivity contribution in [2.45, 2.75) is 37.1 Å². The van der Waals surface area contributed by atoms with E-state index in [9.17, 15) is 4.79 Å². The molecule has 0 aliphatic heterocycles. The van der Waals surface area contributed by atoms with E-state index < -0.39 is 0 Å². The van der Waals surface area contributed by atoms with Crippen LogP contribution in [0.5, 0.6) is 0 Å². The molecule has 0 radical (unpaired) electrons. The second kappa shape index (κ2) is 10.2. The molecule has 1 atom stereocenters. The fourth-order valence-electron chi connectivity index (χ4n) is 2.74. The van der Waals surface area contributed by atoms with E-state index in [1.807, 2.05) is 42.5 Å². The fraction of sp³-hybridized carbons (Fsp3) is 0.286. The van der Waals surface area contributed by atoms with E-state index >= 15 is 0 Å². The van der Waals surface area contributed by atoms with Gasteiger partial charge in [-0.1, -0.05) is 84.5 Å². The first-order valence-corrected chi connectivity index (χ1v) is 11.1. The molecule has 1 heterocycles. The molecule has 3 aromatic rings. The van der Waals surface area contributed by atoms with Gasteiger partial charge in [0.2, 0.25) is 11.0 Å². The standard InChI is InChI=1S/C21H24N4OS2/c1-3-7-18(16-8-5-4-6-9-16)23-19(26)14-27-21-25-24-20(28-21)22-17-12-10-15(2)11-13-17/h4-6,8-13,18H,3,7,14H2,1-2H3,(H,22,24)(H,23,26)/t18-/m0/s1. The van der Waals surface area contributed by atoms with Crippen LogP contribution in [0, 0.1) is 6.92 Å². The van der Waals surface area contributed by atoms with Crippen LogP contribution >= 0.6 is 23.1 Å². The van der Waals surface area contributed by atoms with Gasteiger partial charge in [0.15, 0.2) is 4.34 Å². The molecule has 2 N–H and O–H groups in total. The lowest BCUT2D eigenvalue weighted by atomic mass is 10.0. The summed E-state index contributed by atoms with van der Waals surface area (Å²) in [5.74, 6) is 0.335. The monoisotopic (exact) mass is 412 g/mol. The number of nitrogens with zero attached hydrogens (tertiary/aromatic N) is 2. The number of amides is 1. The molecule has 0 aliphatic carbocycles. The summed E-state index contributed by atoms with van der Waals surface area (Å²) in [5, 5.41) is 15.4. The zero-order valence-electron chi connectivity index (χ0n) is 16.0. The number of nitrogens with one attached hydrogen (secondary N) is 2. The van der Waals surface area contributed by atoms with Crippen molar-refractivity contribution in [3.8, 4) is 0 Å². The number of hydrogen-bond donors (Lipinski definition) is 2. The zero-order valence-corrected chi connectivity index (χ0v) is 17.6. The van der Waals surface area contributed by atoms with E-state index in [0.717, 1.165) is 33.6 Å². The van der Waals surface area contributed by atoms with Crippen LogP contribution in [0.4, 0.5) is 10.8 Å². The smallest absolute Gasteiger partial charge is 0.230 e. The lowest BCUT2D eigenvalue weighted by molar-refractivity contribution is -0.119. The summed E-state index contributed by atoms with van der Waals surface area (Å²) in [7, 11) is 0. The van der Waals surface area contributed by atoms with Crippen molar-refractivity contribution in [3.05, 3.63) is 65.7 Å². The first kappa shape index (κ1) is 20.4. The van der Waals surface area contributed by atoms with Crippen LogP contribution in [0.3, 0.4) is 0 Å². The minimum Gasteiger partial charge on any atom is -0.349 e. The van der Waals surface area contributed by atoms with Crippen molar-refractivity contribution in [1.82, 2.24) is 15.5 Å². The van der Waals surface area contributed by atoms with Crippen molar-refractivity contribution in [1.29, 1.82) is 0 Å². The van der Waals surface area contributed by atoms with Crippen molar-refractivity contribution in [3.63, 3.8) is 0 Å². The maximum absolute atomic E-state index is 12.4. The SMILES string of the molecule is CCC[C@H](NC(=O)CSc1nnc(Nc2ccc(C)cc2)s1)c1ccccc1. The van der Waals surface area contributed by atoms with E-state index in [1.165, 1.54) is 28.7 Å². The number of carbonyl (C=O) groups excluding carboxylic acids is 1. The average molecular weight is 413 g/mol. The van der Waals surface area contributed by atoms with Gasteiger partial charge in [0.05, 0.1) is 11.8 Å². The number of aryl methyl sites for hydroxylation is 1. The molecule has 3 rings (SSSR count). The molecule has 146 valence electrons.